The number of morpholine rings is 1. The Kier molecular flexibility index (Phi) is 5.61. The molecular weight excluding hydrogens is 395 g/mol. The fourth-order valence-corrected chi connectivity index (χ4v) is 4.97. The molecule has 0 aromatic heterocycles. The van der Waals surface area contributed by atoms with Crippen LogP contribution in [0, 0.1) is 5.82 Å². The van der Waals surface area contributed by atoms with Gasteiger partial charge in [0.2, 0.25) is 0 Å². The zero-order valence-corrected chi connectivity index (χ0v) is 17.4. The van der Waals surface area contributed by atoms with Crippen molar-refractivity contribution < 1.29 is 18.7 Å². The lowest BCUT2D eigenvalue weighted by Gasteiger charge is -2.44. The van der Waals surface area contributed by atoms with E-state index in [4.69, 9.17) is 9.47 Å². The third-order valence-corrected chi connectivity index (χ3v) is 6.60. The van der Waals surface area contributed by atoms with Crippen LogP contribution in [-0.2, 0) is 20.7 Å². The lowest BCUT2D eigenvalue weighted by molar-refractivity contribution is -0.167. The van der Waals surface area contributed by atoms with E-state index in [1.807, 2.05) is 17.0 Å². The Morgan fingerprint density at radius 1 is 1.19 bits per heavy atom. The molecule has 0 unspecified atom stereocenters. The fraction of sp³-hybridized carbons (Fsp3) is 0.400. The molecule has 31 heavy (non-hydrogen) atoms. The summed E-state index contributed by atoms with van der Waals surface area (Å²) in [5, 5.41) is 3.49. The van der Waals surface area contributed by atoms with Gasteiger partial charge in [-0.15, -0.1) is 6.58 Å². The number of nitrogens with one attached hydrogen (secondary N) is 1. The van der Waals surface area contributed by atoms with Gasteiger partial charge >= 0.3 is 0 Å². The molecule has 2 aromatic rings. The SMILES string of the molecule is C=C[C@@H]1CN[C@H]2C[C@H](C(=O)N3CCc4ccccc4[C@@H]3c3ccc(F)cc3)OC[C@@H]2O1. The van der Waals surface area contributed by atoms with Crippen molar-refractivity contribution in [3.8, 4) is 0 Å². The van der Waals surface area contributed by atoms with Crippen molar-refractivity contribution in [1.29, 1.82) is 0 Å². The number of carbonyl (C=O) groups is 1. The van der Waals surface area contributed by atoms with Crippen LogP contribution in [0.2, 0.25) is 0 Å². The Morgan fingerprint density at radius 2 is 2.00 bits per heavy atom. The Balaban J connectivity index is 1.40. The summed E-state index contributed by atoms with van der Waals surface area (Å²) in [7, 11) is 0. The maximum atomic E-state index is 13.7. The van der Waals surface area contributed by atoms with Crippen LogP contribution in [0.1, 0.15) is 29.2 Å². The molecule has 2 fully saturated rings. The van der Waals surface area contributed by atoms with Gasteiger partial charge in [0.25, 0.3) is 5.91 Å². The minimum atomic E-state index is -0.522. The van der Waals surface area contributed by atoms with Crippen molar-refractivity contribution in [1.82, 2.24) is 10.2 Å². The summed E-state index contributed by atoms with van der Waals surface area (Å²) < 4.78 is 25.6. The van der Waals surface area contributed by atoms with Gasteiger partial charge in [-0.05, 0) is 35.2 Å². The Morgan fingerprint density at radius 3 is 2.81 bits per heavy atom. The molecule has 0 saturated carbocycles. The highest BCUT2D eigenvalue weighted by atomic mass is 19.1. The lowest BCUT2D eigenvalue weighted by atomic mass is 9.87. The molecule has 162 valence electrons. The zero-order valence-electron chi connectivity index (χ0n) is 17.4. The van der Waals surface area contributed by atoms with E-state index in [0.717, 1.165) is 17.5 Å². The molecule has 0 spiro atoms. The second kappa shape index (κ2) is 8.54. The number of amides is 1. The van der Waals surface area contributed by atoms with Gasteiger partial charge in [0.15, 0.2) is 0 Å². The van der Waals surface area contributed by atoms with Crippen LogP contribution in [0.3, 0.4) is 0 Å². The van der Waals surface area contributed by atoms with E-state index in [1.165, 1.54) is 17.7 Å². The molecule has 3 aliphatic rings. The predicted molar refractivity (Wildman–Crippen MR) is 115 cm³/mol. The summed E-state index contributed by atoms with van der Waals surface area (Å²) in [6.07, 6.45) is 2.53. The van der Waals surface area contributed by atoms with E-state index in [0.29, 0.717) is 26.1 Å². The summed E-state index contributed by atoms with van der Waals surface area (Å²) in [5.41, 5.74) is 3.22. The molecular formula is C25H27FN2O3. The van der Waals surface area contributed by atoms with Gasteiger partial charge in [0.05, 0.1) is 24.9 Å². The molecule has 1 amide bonds. The van der Waals surface area contributed by atoms with Gasteiger partial charge in [-0.2, -0.15) is 0 Å². The number of nitrogens with zero attached hydrogens (tertiary/aromatic N) is 1. The normalized spacial score (nSPS) is 30.2. The standard InChI is InChI=1S/C25H27FN2O3/c1-2-19-14-27-21-13-22(30-15-23(21)31-19)25(29)28-12-11-16-5-3-4-6-20(16)24(28)17-7-9-18(26)10-8-17/h2-10,19,21-24,27H,1,11-15H2/t19-,21+,22-,23+,24+/m1/s1. The highest BCUT2D eigenvalue weighted by Crippen LogP contribution is 2.36. The number of hydrogen-bond donors (Lipinski definition) is 1. The molecule has 0 radical (unpaired) electrons. The summed E-state index contributed by atoms with van der Waals surface area (Å²) in [6.45, 7) is 5.48. The van der Waals surface area contributed by atoms with Crippen LogP contribution in [0.25, 0.3) is 0 Å². The van der Waals surface area contributed by atoms with E-state index in [9.17, 15) is 9.18 Å². The van der Waals surface area contributed by atoms with Crippen molar-refractivity contribution in [3.05, 3.63) is 83.7 Å². The maximum absolute atomic E-state index is 13.7. The molecule has 2 aromatic carbocycles. The maximum Gasteiger partial charge on any atom is 0.252 e. The zero-order chi connectivity index (χ0) is 21.4. The van der Waals surface area contributed by atoms with Crippen LogP contribution in [-0.4, -0.2) is 54.9 Å². The quantitative estimate of drug-likeness (QED) is 0.773. The Labute approximate surface area is 181 Å². The van der Waals surface area contributed by atoms with Gasteiger partial charge in [0, 0.05) is 25.6 Å². The van der Waals surface area contributed by atoms with Gasteiger partial charge in [-0.1, -0.05) is 42.5 Å². The molecule has 5 atom stereocenters. The largest absolute Gasteiger partial charge is 0.366 e. The molecule has 5 rings (SSSR count). The van der Waals surface area contributed by atoms with Gasteiger partial charge in [-0.25, -0.2) is 4.39 Å². The topological polar surface area (TPSA) is 50.8 Å². The number of benzene rings is 2. The minimum Gasteiger partial charge on any atom is -0.366 e. The number of carbonyl (C=O) groups excluding carboxylic acids is 1. The minimum absolute atomic E-state index is 0.0186. The third kappa shape index (κ3) is 3.91. The Hall–Kier alpha value is -2.54. The molecule has 2 saturated heterocycles. The smallest absolute Gasteiger partial charge is 0.252 e. The number of hydrogen-bond acceptors (Lipinski definition) is 4. The first-order valence-electron chi connectivity index (χ1n) is 10.9. The van der Waals surface area contributed by atoms with Crippen molar-refractivity contribution in [2.45, 2.75) is 43.2 Å². The molecule has 6 heteroatoms. The Bertz CT molecular complexity index is 963. The predicted octanol–water partition coefficient (Wildman–Crippen LogP) is 3.00. The second-order valence-corrected chi connectivity index (χ2v) is 8.46. The van der Waals surface area contributed by atoms with Crippen LogP contribution in [0.5, 0.6) is 0 Å². The van der Waals surface area contributed by atoms with Crippen molar-refractivity contribution in [2.24, 2.45) is 0 Å². The van der Waals surface area contributed by atoms with Gasteiger partial charge in [-0.3, -0.25) is 4.79 Å². The molecule has 3 aliphatic heterocycles. The summed E-state index contributed by atoms with van der Waals surface area (Å²) in [4.78, 5) is 15.6. The van der Waals surface area contributed by atoms with Crippen LogP contribution in [0.4, 0.5) is 4.39 Å². The summed E-state index contributed by atoms with van der Waals surface area (Å²) in [6, 6.07) is 14.5. The van der Waals surface area contributed by atoms with E-state index >= 15 is 0 Å². The lowest BCUT2D eigenvalue weighted by Crippen LogP contribution is -2.60. The van der Waals surface area contributed by atoms with Gasteiger partial charge < -0.3 is 19.7 Å². The van der Waals surface area contributed by atoms with Crippen molar-refractivity contribution in [3.63, 3.8) is 0 Å². The van der Waals surface area contributed by atoms with E-state index < -0.39 is 6.10 Å². The molecule has 0 bridgehead atoms. The summed E-state index contributed by atoms with van der Waals surface area (Å²) >= 11 is 0. The monoisotopic (exact) mass is 422 g/mol. The van der Waals surface area contributed by atoms with Crippen molar-refractivity contribution in [2.75, 3.05) is 19.7 Å². The number of fused-ring (bicyclic) bond motifs is 2. The van der Waals surface area contributed by atoms with Crippen molar-refractivity contribution >= 4 is 5.91 Å². The highest BCUT2D eigenvalue weighted by molar-refractivity contribution is 5.82. The second-order valence-electron chi connectivity index (χ2n) is 8.46. The molecule has 5 nitrogen and oxygen atoms in total. The number of halogens is 1. The third-order valence-electron chi connectivity index (χ3n) is 6.60. The molecule has 1 N–H and O–H groups in total. The molecule has 3 heterocycles. The average Bonchev–Trinajstić information content (AvgIpc) is 2.82. The number of rotatable bonds is 3. The number of ether oxygens (including phenoxy) is 2. The molecule has 0 aliphatic carbocycles. The fourth-order valence-electron chi connectivity index (χ4n) is 4.97. The van der Waals surface area contributed by atoms with Crippen LogP contribution in [0.15, 0.2) is 61.2 Å². The van der Waals surface area contributed by atoms with Gasteiger partial charge in [0.1, 0.15) is 11.9 Å². The first kappa shape index (κ1) is 20.4. The average molecular weight is 423 g/mol. The van der Waals surface area contributed by atoms with E-state index in [1.54, 1.807) is 18.2 Å². The van der Waals surface area contributed by atoms with E-state index in [-0.39, 0.29) is 36.0 Å². The summed E-state index contributed by atoms with van der Waals surface area (Å²) in [5.74, 6) is -0.302. The first-order valence-corrected chi connectivity index (χ1v) is 10.9. The first-order chi connectivity index (χ1) is 15.1. The highest BCUT2D eigenvalue weighted by Gasteiger charge is 2.42. The van der Waals surface area contributed by atoms with Crippen LogP contribution >= 0.6 is 0 Å². The van der Waals surface area contributed by atoms with Crippen LogP contribution < -0.4 is 5.32 Å². The van der Waals surface area contributed by atoms with E-state index in [2.05, 4.69) is 24.0 Å².